The zero-order valence-electron chi connectivity index (χ0n) is 10.1. The summed E-state index contributed by atoms with van der Waals surface area (Å²) in [5, 5.41) is 7.55. The van der Waals surface area contributed by atoms with Crippen LogP contribution in [-0.2, 0) is 6.54 Å². The predicted molar refractivity (Wildman–Crippen MR) is 66.1 cm³/mol. The number of nitrogens with zero attached hydrogens (tertiary/aromatic N) is 4. The van der Waals surface area contributed by atoms with E-state index in [0.29, 0.717) is 11.5 Å². The molecule has 0 spiro atoms. The van der Waals surface area contributed by atoms with Gasteiger partial charge in [-0.25, -0.2) is 0 Å². The molecule has 0 amide bonds. The van der Waals surface area contributed by atoms with Gasteiger partial charge in [0.25, 0.3) is 0 Å². The second kappa shape index (κ2) is 5.25. The molecule has 0 radical (unpaired) electrons. The van der Waals surface area contributed by atoms with E-state index in [0.717, 1.165) is 16.9 Å². The molecule has 1 aromatic heterocycles. The van der Waals surface area contributed by atoms with Gasteiger partial charge in [0, 0.05) is 16.0 Å². The molecule has 0 aliphatic heterocycles. The summed E-state index contributed by atoms with van der Waals surface area (Å²) >= 11 is 0. The Bertz CT molecular complexity index is 583. The molecule has 6 heteroatoms. The lowest BCUT2D eigenvalue weighted by molar-refractivity contribution is 0.398. The Morgan fingerprint density at radius 2 is 2.11 bits per heavy atom. The first kappa shape index (κ1) is 12.0. The van der Waals surface area contributed by atoms with Gasteiger partial charge >= 0.3 is 0 Å². The van der Waals surface area contributed by atoms with Crippen molar-refractivity contribution in [1.29, 1.82) is 0 Å². The van der Waals surface area contributed by atoms with Crippen molar-refractivity contribution < 1.29 is 9.26 Å². The molecule has 92 valence electrons. The van der Waals surface area contributed by atoms with Crippen LogP contribution in [-0.4, -0.2) is 12.3 Å². The number of benzene rings is 1. The van der Waals surface area contributed by atoms with E-state index in [2.05, 4.69) is 15.2 Å². The fourth-order valence-electron chi connectivity index (χ4n) is 1.66. The molecule has 6 nitrogen and oxygen atoms in total. The first-order valence-electron chi connectivity index (χ1n) is 5.36. The van der Waals surface area contributed by atoms with Gasteiger partial charge < -0.3 is 9.26 Å². The quantitative estimate of drug-likeness (QED) is 0.469. The third-order valence-corrected chi connectivity index (χ3v) is 2.64. The van der Waals surface area contributed by atoms with E-state index in [1.54, 1.807) is 14.0 Å². The second-order valence-corrected chi connectivity index (χ2v) is 3.68. The van der Waals surface area contributed by atoms with Gasteiger partial charge in [0.15, 0.2) is 0 Å². The van der Waals surface area contributed by atoms with Gasteiger partial charge in [-0.2, -0.15) is 0 Å². The minimum Gasteiger partial charge on any atom is -0.497 e. The molecule has 1 heterocycles. The molecule has 0 saturated heterocycles. The highest BCUT2D eigenvalue weighted by Crippen LogP contribution is 2.27. The average molecular weight is 244 g/mol. The summed E-state index contributed by atoms with van der Waals surface area (Å²) in [5.41, 5.74) is 10.8. The van der Waals surface area contributed by atoms with Crippen molar-refractivity contribution in [3.63, 3.8) is 0 Å². The Balaban J connectivity index is 2.39. The number of rotatable bonds is 4. The Morgan fingerprint density at radius 1 is 1.39 bits per heavy atom. The zero-order chi connectivity index (χ0) is 13.0. The summed E-state index contributed by atoms with van der Waals surface area (Å²) in [6, 6.07) is 7.46. The van der Waals surface area contributed by atoms with E-state index in [4.69, 9.17) is 14.8 Å². The minimum atomic E-state index is 0.229. The smallest absolute Gasteiger partial charge is 0.137 e. The van der Waals surface area contributed by atoms with Gasteiger partial charge in [0.2, 0.25) is 0 Å². The fraction of sp³-hybridized carbons (Fsp3) is 0.250. The summed E-state index contributed by atoms with van der Waals surface area (Å²) in [6.45, 7) is 2.02. The van der Waals surface area contributed by atoms with Gasteiger partial charge in [-0.3, -0.25) is 0 Å². The Labute approximate surface area is 104 Å². The molecule has 0 N–H and O–H groups in total. The molecule has 0 fully saturated rings. The van der Waals surface area contributed by atoms with Crippen molar-refractivity contribution in [2.75, 3.05) is 7.11 Å². The van der Waals surface area contributed by atoms with E-state index in [1.165, 1.54) is 0 Å². The summed E-state index contributed by atoms with van der Waals surface area (Å²) < 4.78 is 10.2. The van der Waals surface area contributed by atoms with Crippen molar-refractivity contribution in [2.24, 2.45) is 5.11 Å². The Morgan fingerprint density at radius 3 is 2.72 bits per heavy atom. The molecule has 0 unspecified atom stereocenters. The van der Waals surface area contributed by atoms with Crippen LogP contribution in [0.1, 0.15) is 11.3 Å². The second-order valence-electron chi connectivity index (χ2n) is 3.68. The topological polar surface area (TPSA) is 84.0 Å². The zero-order valence-corrected chi connectivity index (χ0v) is 10.1. The Hall–Kier alpha value is -2.46. The van der Waals surface area contributed by atoms with Crippen molar-refractivity contribution in [3.05, 3.63) is 46.0 Å². The summed E-state index contributed by atoms with van der Waals surface area (Å²) in [6.07, 6.45) is 0. The predicted octanol–water partition coefficient (Wildman–Crippen LogP) is 3.47. The van der Waals surface area contributed by atoms with E-state index in [9.17, 15) is 0 Å². The van der Waals surface area contributed by atoms with E-state index in [-0.39, 0.29) is 6.54 Å². The fourth-order valence-corrected chi connectivity index (χ4v) is 1.66. The molecule has 18 heavy (non-hydrogen) atoms. The highest BCUT2D eigenvalue weighted by molar-refractivity contribution is 5.64. The lowest BCUT2D eigenvalue weighted by Crippen LogP contribution is -1.87. The first-order valence-corrected chi connectivity index (χ1v) is 5.36. The van der Waals surface area contributed by atoms with Crippen LogP contribution in [0.3, 0.4) is 0 Å². The average Bonchev–Trinajstić information content (AvgIpc) is 2.78. The highest BCUT2D eigenvalue weighted by Gasteiger charge is 2.13. The lowest BCUT2D eigenvalue weighted by atomic mass is 10.1. The molecule has 0 aliphatic rings. The largest absolute Gasteiger partial charge is 0.497 e. The number of aryl methyl sites for hydroxylation is 1. The van der Waals surface area contributed by atoms with Crippen molar-refractivity contribution in [1.82, 2.24) is 5.16 Å². The molecular weight excluding hydrogens is 232 g/mol. The van der Waals surface area contributed by atoms with E-state index >= 15 is 0 Å². The van der Waals surface area contributed by atoms with Crippen LogP contribution in [0, 0.1) is 6.92 Å². The van der Waals surface area contributed by atoms with Crippen molar-refractivity contribution in [2.45, 2.75) is 13.5 Å². The maximum absolute atomic E-state index is 8.38. The molecular formula is C12H12N4O2. The molecule has 2 rings (SSSR count). The maximum Gasteiger partial charge on any atom is 0.137 e. The van der Waals surface area contributed by atoms with Gasteiger partial charge in [0.1, 0.15) is 17.2 Å². The maximum atomic E-state index is 8.38. The SMILES string of the molecule is COc1ccc(-c2noc(C)c2CN=[N+]=[N-])cc1. The monoisotopic (exact) mass is 244 g/mol. The molecule has 0 saturated carbocycles. The van der Waals surface area contributed by atoms with Crippen LogP contribution in [0.15, 0.2) is 33.9 Å². The van der Waals surface area contributed by atoms with Crippen LogP contribution in [0.25, 0.3) is 21.7 Å². The summed E-state index contributed by atoms with van der Waals surface area (Å²) in [7, 11) is 1.61. The van der Waals surface area contributed by atoms with Gasteiger partial charge in [-0.05, 0) is 36.7 Å². The number of methoxy groups -OCH3 is 1. The van der Waals surface area contributed by atoms with Crippen molar-refractivity contribution >= 4 is 0 Å². The highest BCUT2D eigenvalue weighted by atomic mass is 16.5. The number of ether oxygens (including phenoxy) is 1. The Kier molecular flexibility index (Phi) is 3.50. The van der Waals surface area contributed by atoms with Crippen LogP contribution in [0.4, 0.5) is 0 Å². The van der Waals surface area contributed by atoms with E-state index < -0.39 is 0 Å². The first-order chi connectivity index (χ1) is 8.76. The van der Waals surface area contributed by atoms with E-state index in [1.807, 2.05) is 24.3 Å². The normalized spacial score (nSPS) is 9.89. The number of hydrogen-bond donors (Lipinski definition) is 0. The number of hydrogen-bond acceptors (Lipinski definition) is 4. The number of azide groups is 1. The van der Waals surface area contributed by atoms with Crippen LogP contribution >= 0.6 is 0 Å². The molecule has 0 bridgehead atoms. The lowest BCUT2D eigenvalue weighted by Gasteiger charge is -2.02. The molecule has 1 aromatic carbocycles. The third kappa shape index (κ3) is 2.28. The van der Waals surface area contributed by atoms with Gasteiger partial charge in [0.05, 0.1) is 13.7 Å². The van der Waals surface area contributed by atoms with Gasteiger partial charge in [-0.1, -0.05) is 10.3 Å². The molecule has 0 atom stereocenters. The third-order valence-electron chi connectivity index (χ3n) is 2.64. The van der Waals surface area contributed by atoms with Crippen molar-refractivity contribution in [3.8, 4) is 17.0 Å². The van der Waals surface area contributed by atoms with Gasteiger partial charge in [-0.15, -0.1) is 0 Å². The van der Waals surface area contributed by atoms with Crippen LogP contribution in [0.5, 0.6) is 5.75 Å². The molecule has 2 aromatic rings. The minimum absolute atomic E-state index is 0.229. The summed E-state index contributed by atoms with van der Waals surface area (Å²) in [5.74, 6) is 1.43. The number of aromatic nitrogens is 1. The van der Waals surface area contributed by atoms with Crippen LogP contribution < -0.4 is 4.74 Å². The standard InChI is InChI=1S/C12H12N4O2/c1-8-11(7-14-16-13)12(15-18-8)9-3-5-10(17-2)6-4-9/h3-6H,7H2,1-2H3. The summed E-state index contributed by atoms with van der Waals surface area (Å²) in [4.78, 5) is 2.75. The molecule has 0 aliphatic carbocycles. The van der Waals surface area contributed by atoms with Crippen LogP contribution in [0.2, 0.25) is 0 Å².